The van der Waals surface area contributed by atoms with E-state index >= 15 is 0 Å². The Kier molecular flexibility index (Phi) is 8.63. The molecule has 1 aromatic carbocycles. The fourth-order valence-corrected chi connectivity index (χ4v) is 10.7. The summed E-state index contributed by atoms with van der Waals surface area (Å²) in [5.74, 6) is -36.1. The summed E-state index contributed by atoms with van der Waals surface area (Å²) >= 11 is 0. The zero-order valence-electron chi connectivity index (χ0n) is 17.4. The minimum absolute atomic E-state index is 3.52. The normalized spacial score (nSPS) is 15.5. The maximum Gasteiger partial charge on any atom is 0.461 e. The minimum Gasteiger partial charge on any atom is -0.221 e. The van der Waals surface area contributed by atoms with Crippen LogP contribution in [0.3, 0.4) is 0 Å². The van der Waals surface area contributed by atoms with Gasteiger partial charge in [-0.1, -0.05) is 0 Å². The van der Waals surface area contributed by atoms with Gasteiger partial charge in [0, 0.05) is 0 Å². The molecule has 0 N–H and O–H groups in total. The smallest absolute Gasteiger partial charge is 0.221 e. The monoisotopic (exact) mass is 710 g/mol. The fourth-order valence-electron chi connectivity index (χ4n) is 2.36. The summed E-state index contributed by atoms with van der Waals surface area (Å²) in [7, 11) is -27.9. The molecule has 0 saturated carbocycles. The van der Waals surface area contributed by atoms with E-state index in [0.29, 0.717) is 0 Å². The molecule has 28 heteroatoms. The van der Waals surface area contributed by atoms with Gasteiger partial charge in [0.05, 0.1) is 0 Å². The number of rotatable bonds is 8. The molecule has 0 aliphatic carbocycles. The third-order valence-electron chi connectivity index (χ3n) is 4.37. The van der Waals surface area contributed by atoms with Crippen LogP contribution in [0.5, 0.6) is 0 Å². The van der Waals surface area contributed by atoms with Gasteiger partial charge in [0.1, 0.15) is 4.90 Å². The third kappa shape index (κ3) is 4.85. The highest BCUT2D eigenvalue weighted by Crippen LogP contribution is 2.56. The Hall–Kier alpha value is -2.26. The molecule has 0 radical (unpaired) electrons. The second kappa shape index (κ2) is 9.63. The number of halogens is 19. The van der Waals surface area contributed by atoms with Gasteiger partial charge < -0.3 is 0 Å². The lowest BCUT2D eigenvalue weighted by atomic mass is 10.3. The predicted octanol–water partition coefficient (Wildman–Crippen LogP) is 4.85. The number of hydrogen-bond acceptors (Lipinski definition) is 6. The van der Waals surface area contributed by atoms with Gasteiger partial charge in [-0.05, 0) is 0 Å². The maximum atomic E-state index is 14.0. The van der Waals surface area contributed by atoms with Crippen LogP contribution in [-0.4, -0.2) is 63.9 Å². The Morgan fingerprint density at radius 3 is 0.854 bits per heavy atom. The first-order valence-corrected chi connectivity index (χ1v) is 13.0. The molecule has 0 spiro atoms. The Labute approximate surface area is 211 Å². The Morgan fingerprint density at radius 1 is 0.415 bits per heavy atom. The van der Waals surface area contributed by atoms with Crippen molar-refractivity contribution < 1.29 is 109 Å². The SMILES string of the molecule is O=S(=O)(c1c(F)c(F)c(F)c(F)c1F)C(S(=O)(=O)C(F)(F)C(F)(F)C(F)(F)F)S(=O)(=O)C(F)(F)C(F)(F)C(F)(F)F. The van der Waals surface area contributed by atoms with Gasteiger partial charge in [-0.2, -0.15) is 61.5 Å². The predicted molar refractivity (Wildman–Crippen MR) is 86.9 cm³/mol. The summed E-state index contributed by atoms with van der Waals surface area (Å²) in [4.78, 5) is -4.25. The molecule has 0 atom stereocenters. The van der Waals surface area contributed by atoms with Crippen molar-refractivity contribution in [3.05, 3.63) is 29.1 Å². The molecule has 0 fully saturated rings. The lowest BCUT2D eigenvalue weighted by molar-refractivity contribution is -0.332. The highest BCUT2D eigenvalue weighted by Gasteiger charge is 2.86. The van der Waals surface area contributed by atoms with E-state index in [0.717, 1.165) is 0 Å². The average molecular weight is 710 g/mol. The Morgan fingerprint density at radius 2 is 0.634 bits per heavy atom. The van der Waals surface area contributed by atoms with Crippen molar-refractivity contribution in [3.63, 3.8) is 0 Å². The van der Waals surface area contributed by atoms with E-state index in [1.54, 1.807) is 0 Å². The third-order valence-corrected chi connectivity index (χ3v) is 13.3. The van der Waals surface area contributed by atoms with Crippen molar-refractivity contribution in [2.24, 2.45) is 0 Å². The van der Waals surface area contributed by atoms with E-state index in [-0.39, 0.29) is 0 Å². The van der Waals surface area contributed by atoms with Crippen LogP contribution in [0, 0.1) is 29.1 Å². The van der Waals surface area contributed by atoms with E-state index in [9.17, 15) is 109 Å². The van der Waals surface area contributed by atoms with Gasteiger partial charge in [-0.15, -0.1) is 0 Å². The van der Waals surface area contributed by atoms with Crippen LogP contribution in [0.4, 0.5) is 83.4 Å². The first kappa shape index (κ1) is 36.8. The second-order valence-corrected chi connectivity index (χ2v) is 14.0. The topological polar surface area (TPSA) is 102 Å². The molecule has 0 bridgehead atoms. The van der Waals surface area contributed by atoms with Crippen LogP contribution in [0.2, 0.25) is 0 Å². The number of alkyl halides is 14. The number of sulfone groups is 3. The first-order chi connectivity index (χ1) is 17.5. The molecule has 0 heterocycles. The number of benzene rings is 1. The van der Waals surface area contributed by atoms with Crippen LogP contribution in [0.1, 0.15) is 0 Å². The summed E-state index contributed by atoms with van der Waals surface area (Å²) in [6.45, 7) is 0. The first-order valence-electron chi connectivity index (χ1n) is 8.41. The summed E-state index contributed by atoms with van der Waals surface area (Å²) in [5.41, 5.74) is 0. The zero-order valence-corrected chi connectivity index (χ0v) is 19.9. The van der Waals surface area contributed by atoms with E-state index in [4.69, 9.17) is 0 Å². The Bertz CT molecular complexity index is 1460. The van der Waals surface area contributed by atoms with Gasteiger partial charge in [-0.3, -0.25) is 0 Å². The van der Waals surface area contributed by atoms with Crippen molar-refractivity contribution in [1.29, 1.82) is 0 Å². The molecule has 0 amide bonds. The highest BCUT2D eigenvalue weighted by molar-refractivity contribution is 8.24. The Balaban J connectivity index is 4.61. The molecule has 0 aliphatic rings. The summed E-state index contributed by atoms with van der Waals surface area (Å²) in [6.07, 6.45) is -16.0. The van der Waals surface area contributed by atoms with Crippen molar-refractivity contribution >= 4 is 29.5 Å². The summed E-state index contributed by atoms with van der Waals surface area (Å²) in [5, 5.41) is -17.1. The summed E-state index contributed by atoms with van der Waals surface area (Å²) in [6, 6.07) is 0. The van der Waals surface area contributed by atoms with Gasteiger partial charge in [0.15, 0.2) is 23.3 Å². The van der Waals surface area contributed by atoms with Gasteiger partial charge in [0.25, 0.3) is 23.6 Å². The van der Waals surface area contributed by atoms with Gasteiger partial charge in [-0.25, -0.2) is 47.2 Å². The van der Waals surface area contributed by atoms with Gasteiger partial charge in [0.2, 0.25) is 15.7 Å². The number of hydrogen-bond donors (Lipinski definition) is 0. The van der Waals surface area contributed by atoms with Gasteiger partial charge >= 0.3 is 34.7 Å². The van der Waals surface area contributed by atoms with Crippen LogP contribution >= 0.6 is 0 Å². The lowest BCUT2D eigenvalue weighted by Crippen LogP contribution is -2.64. The quantitative estimate of drug-likeness (QED) is 0.166. The zero-order chi connectivity index (χ0) is 33.5. The minimum atomic E-state index is -9.60. The molecule has 0 aliphatic heterocycles. The second-order valence-electron chi connectivity index (χ2n) is 7.00. The molecule has 0 unspecified atom stereocenters. The standard InChI is InChI=1S/C13HF19O6S3/c14-1-2(15)4(17)6(5(18)3(1)16)39(33,34)7(40(35,36)12(29,30)8(19,20)10(23,24)25)41(37,38)13(31,32)9(21,22)11(26,27)28/h7H. The van der Waals surface area contributed by atoms with E-state index in [2.05, 4.69) is 0 Å². The molecule has 1 aromatic rings. The lowest BCUT2D eigenvalue weighted by Gasteiger charge is -2.33. The van der Waals surface area contributed by atoms with Crippen LogP contribution in [0.25, 0.3) is 0 Å². The van der Waals surface area contributed by atoms with E-state index < -0.39 is 102 Å². The molecular weight excluding hydrogens is 709 g/mol. The molecule has 0 aromatic heterocycles. The van der Waals surface area contributed by atoms with Crippen molar-refractivity contribution in [2.75, 3.05) is 0 Å². The maximum absolute atomic E-state index is 14.0. The van der Waals surface area contributed by atoms with E-state index in [1.807, 2.05) is 0 Å². The molecule has 41 heavy (non-hydrogen) atoms. The van der Waals surface area contributed by atoms with E-state index in [1.165, 1.54) is 0 Å². The fraction of sp³-hybridized carbons (Fsp3) is 0.538. The van der Waals surface area contributed by atoms with Crippen LogP contribution < -0.4 is 0 Å². The molecule has 240 valence electrons. The average Bonchev–Trinajstić information content (AvgIpc) is 2.73. The van der Waals surface area contributed by atoms with Crippen molar-refractivity contribution in [2.45, 2.75) is 43.5 Å². The van der Waals surface area contributed by atoms with Crippen molar-refractivity contribution in [3.8, 4) is 0 Å². The molecule has 0 saturated heterocycles. The highest BCUT2D eigenvalue weighted by atomic mass is 32.3. The summed E-state index contributed by atoms with van der Waals surface area (Å²) < 4.78 is 317. The van der Waals surface area contributed by atoms with Crippen LogP contribution in [0.15, 0.2) is 4.90 Å². The molecular formula is C13HF19O6S3. The molecule has 1 rings (SSSR count). The van der Waals surface area contributed by atoms with Crippen LogP contribution in [-0.2, 0) is 29.5 Å². The molecule has 6 nitrogen and oxygen atoms in total. The largest absolute Gasteiger partial charge is 0.461 e. The van der Waals surface area contributed by atoms with Crippen molar-refractivity contribution in [1.82, 2.24) is 0 Å².